The first kappa shape index (κ1) is 22.5. The fourth-order valence-corrected chi connectivity index (χ4v) is 0. The Hall–Kier alpha value is 1.23. The molecule has 0 atom stereocenters. The molecule has 60 valence electrons. The van der Waals surface area contributed by atoms with Crippen molar-refractivity contribution in [2.24, 2.45) is 0 Å². The Morgan fingerprint density at radius 3 is 1.30 bits per heavy atom. The molecular weight excluding hydrogens is 176 g/mol. The van der Waals surface area contributed by atoms with Crippen LogP contribution in [0, 0.1) is 6.55 Å². The molecule has 0 aromatic heterocycles. The molecule has 0 unspecified atom stereocenters. The molecule has 0 heterocycles. The van der Waals surface area contributed by atoms with Gasteiger partial charge < -0.3 is 24.1 Å². The van der Waals surface area contributed by atoms with Gasteiger partial charge in [0.1, 0.15) is 0 Å². The number of rotatable bonds is 0. The molecule has 0 saturated carbocycles. The van der Waals surface area contributed by atoms with Crippen LogP contribution in [0.4, 0.5) is 0 Å². The van der Waals surface area contributed by atoms with Crippen LogP contribution in [0.1, 0.15) is 13.8 Å². The Bertz CT molecular complexity index is 33.2. The number of hydrogen-bond acceptors (Lipinski definition) is 1. The summed E-state index contributed by atoms with van der Waals surface area (Å²) in [6.45, 7) is 11.4. The van der Waals surface area contributed by atoms with Crippen LogP contribution in [0.5, 0.6) is 0 Å². The molecule has 0 spiro atoms. The zero-order valence-electron chi connectivity index (χ0n) is 7.36. The summed E-state index contributed by atoms with van der Waals surface area (Å²) in [6.07, 6.45) is -0.417. The molecule has 0 radical (unpaired) electrons. The van der Waals surface area contributed by atoms with Crippen LogP contribution in [0.2, 0.25) is 13.1 Å². The number of halogens is 1. The molecule has 4 heteroatoms. The predicted molar refractivity (Wildman–Crippen MR) is 45.1 cm³/mol. The van der Waals surface area contributed by atoms with Crippen molar-refractivity contribution in [3.05, 3.63) is 6.55 Å². The van der Waals surface area contributed by atoms with Gasteiger partial charge >= 0.3 is 23.1 Å². The summed E-state index contributed by atoms with van der Waals surface area (Å²) in [5.41, 5.74) is 0. The topological polar surface area (TPSA) is 23.1 Å². The normalized spacial score (nSPS) is 7.20. The van der Waals surface area contributed by atoms with E-state index in [0.717, 1.165) is 0 Å². The van der Waals surface area contributed by atoms with Gasteiger partial charge in [0.15, 0.2) is 0 Å². The van der Waals surface area contributed by atoms with Crippen LogP contribution in [0.3, 0.4) is 0 Å². The Kier molecular flexibility index (Phi) is 37.5. The second-order valence-electron chi connectivity index (χ2n) is 2.44. The molecule has 0 saturated heterocycles. The third kappa shape index (κ3) is 412. The molecular formula is C6H16ClMgOSi-. The van der Waals surface area contributed by atoms with E-state index in [2.05, 4.69) is 19.6 Å². The van der Waals surface area contributed by atoms with Gasteiger partial charge in [0.25, 0.3) is 0 Å². The summed E-state index contributed by atoms with van der Waals surface area (Å²) in [5, 5.41) is 9.53. The minimum Gasteiger partial charge on any atom is -1.00 e. The van der Waals surface area contributed by atoms with E-state index in [0.29, 0.717) is 0 Å². The van der Waals surface area contributed by atoms with Crippen LogP contribution < -0.4 is 17.5 Å². The van der Waals surface area contributed by atoms with E-state index in [1.807, 2.05) is 0 Å². The SMILES string of the molecule is CC(C)[O-].[CH2-][SiH](C)C.[Cl-].[Mg+2]. The Balaban J connectivity index is -0.0000000300. The summed E-state index contributed by atoms with van der Waals surface area (Å²) < 4.78 is 0. The van der Waals surface area contributed by atoms with Crippen molar-refractivity contribution in [2.45, 2.75) is 33.0 Å². The summed E-state index contributed by atoms with van der Waals surface area (Å²) >= 11 is 0. The van der Waals surface area contributed by atoms with Crippen LogP contribution in [0.25, 0.3) is 0 Å². The fraction of sp³-hybridized carbons (Fsp3) is 0.833. The van der Waals surface area contributed by atoms with Crippen molar-refractivity contribution >= 4 is 31.8 Å². The second-order valence-corrected chi connectivity index (χ2v) is 5.23. The summed E-state index contributed by atoms with van der Waals surface area (Å²) in [7, 11) is -0.389. The third-order valence-corrected chi connectivity index (χ3v) is 0. The Labute approximate surface area is 88.8 Å². The van der Waals surface area contributed by atoms with Crippen molar-refractivity contribution in [1.29, 1.82) is 0 Å². The minimum atomic E-state index is -0.417. The molecule has 0 aromatic rings. The average molecular weight is 192 g/mol. The first-order valence-corrected chi connectivity index (χ1v) is 6.08. The van der Waals surface area contributed by atoms with Crippen molar-refractivity contribution in [3.63, 3.8) is 0 Å². The first-order chi connectivity index (χ1) is 3.46. The predicted octanol–water partition coefficient (Wildman–Crippen LogP) is -2.78. The van der Waals surface area contributed by atoms with Crippen molar-refractivity contribution < 1.29 is 17.5 Å². The standard InChI is InChI=1S/C3H7O.C3H9Si.ClH.Mg/c1-3(2)4;1-4(2)3;;/h3H,1-2H3;4H,1H2,2-3H3;1H;/q2*-1;;+2/p-1. The monoisotopic (exact) mass is 191 g/mol. The smallest absolute Gasteiger partial charge is 1.00 e. The summed E-state index contributed by atoms with van der Waals surface area (Å²) in [6, 6.07) is 0. The van der Waals surface area contributed by atoms with Gasteiger partial charge in [-0.2, -0.15) is 0 Å². The molecule has 0 amide bonds. The Morgan fingerprint density at radius 1 is 1.30 bits per heavy atom. The van der Waals surface area contributed by atoms with Gasteiger partial charge in [-0.15, -0.1) is 14.9 Å². The van der Waals surface area contributed by atoms with E-state index >= 15 is 0 Å². The first-order valence-electron chi connectivity index (χ1n) is 2.95. The summed E-state index contributed by atoms with van der Waals surface area (Å²) in [5.74, 6) is 0. The van der Waals surface area contributed by atoms with Crippen molar-refractivity contribution in [1.82, 2.24) is 0 Å². The Morgan fingerprint density at radius 2 is 1.30 bits per heavy atom. The molecule has 1 nitrogen and oxygen atoms in total. The van der Waals surface area contributed by atoms with Gasteiger partial charge in [-0.1, -0.05) is 26.9 Å². The second kappa shape index (κ2) is 16.7. The molecule has 0 N–H and O–H groups in total. The molecule has 0 aliphatic heterocycles. The van der Waals surface area contributed by atoms with E-state index in [9.17, 15) is 5.11 Å². The quantitative estimate of drug-likeness (QED) is 0.301. The molecule has 10 heavy (non-hydrogen) atoms. The molecule has 0 rings (SSSR count). The summed E-state index contributed by atoms with van der Waals surface area (Å²) in [4.78, 5) is 0. The molecule has 0 bridgehead atoms. The van der Waals surface area contributed by atoms with E-state index in [4.69, 9.17) is 0 Å². The van der Waals surface area contributed by atoms with Gasteiger partial charge in [0, 0.05) is 0 Å². The zero-order chi connectivity index (χ0) is 7.15. The van der Waals surface area contributed by atoms with Gasteiger partial charge in [0.2, 0.25) is 0 Å². The van der Waals surface area contributed by atoms with E-state index in [-0.39, 0.29) is 44.3 Å². The number of hydrogen-bond donors (Lipinski definition) is 0. The van der Waals surface area contributed by atoms with Crippen LogP contribution in [-0.4, -0.2) is 38.0 Å². The largest absolute Gasteiger partial charge is 2.00 e. The minimum absolute atomic E-state index is 0. The van der Waals surface area contributed by atoms with E-state index < -0.39 is 6.10 Å². The van der Waals surface area contributed by atoms with E-state index in [1.54, 1.807) is 13.8 Å². The third-order valence-electron chi connectivity index (χ3n) is 0. The van der Waals surface area contributed by atoms with Crippen molar-refractivity contribution in [3.8, 4) is 0 Å². The van der Waals surface area contributed by atoms with Gasteiger partial charge in [-0.3, -0.25) is 0 Å². The van der Waals surface area contributed by atoms with Gasteiger partial charge in [-0.25, -0.2) is 0 Å². The maximum Gasteiger partial charge on any atom is 2.00 e. The molecule has 0 aliphatic rings. The van der Waals surface area contributed by atoms with Gasteiger partial charge in [0.05, 0.1) is 0 Å². The fourth-order valence-electron chi connectivity index (χ4n) is 0. The molecule has 0 aliphatic carbocycles. The van der Waals surface area contributed by atoms with Gasteiger partial charge in [-0.05, 0) is 0 Å². The van der Waals surface area contributed by atoms with Crippen LogP contribution >= 0.6 is 0 Å². The van der Waals surface area contributed by atoms with Crippen LogP contribution in [-0.2, 0) is 0 Å². The maximum atomic E-state index is 9.53. The molecule has 0 aromatic carbocycles. The zero-order valence-corrected chi connectivity index (χ0v) is 10.7. The van der Waals surface area contributed by atoms with E-state index in [1.165, 1.54) is 0 Å². The average Bonchev–Trinajstić information content (AvgIpc) is 1.25. The van der Waals surface area contributed by atoms with Crippen molar-refractivity contribution in [2.75, 3.05) is 0 Å². The van der Waals surface area contributed by atoms with Crippen LogP contribution in [0.15, 0.2) is 0 Å². The molecule has 0 fully saturated rings. The maximum absolute atomic E-state index is 9.53.